The number of rotatable bonds is 5. The number of aromatic nitrogens is 1. The van der Waals surface area contributed by atoms with Crippen molar-refractivity contribution in [2.24, 2.45) is 0 Å². The van der Waals surface area contributed by atoms with Crippen molar-refractivity contribution in [3.63, 3.8) is 0 Å². The van der Waals surface area contributed by atoms with Gasteiger partial charge in [0.05, 0.1) is 0 Å². The molecule has 0 aliphatic carbocycles. The minimum atomic E-state index is -0.307. The van der Waals surface area contributed by atoms with E-state index in [9.17, 15) is 18.8 Å². The van der Waals surface area contributed by atoms with Gasteiger partial charge in [0.1, 0.15) is 16.5 Å². The Morgan fingerprint density at radius 3 is 2.31 bits per heavy atom. The second kappa shape index (κ2) is 8.38. The van der Waals surface area contributed by atoms with Gasteiger partial charge < -0.3 is 4.90 Å². The van der Waals surface area contributed by atoms with Crippen LogP contribution in [0.25, 0.3) is 10.6 Å². The molecule has 9 heteroatoms. The Hall–Kier alpha value is -2.65. The number of carbonyl (C=O) groups is 3. The molecule has 2 aliphatic heterocycles. The lowest BCUT2D eigenvalue weighted by Gasteiger charge is -2.34. The number of thiazole rings is 1. The number of likely N-dealkylation sites (tertiary alicyclic amines) is 1. The highest BCUT2D eigenvalue weighted by Gasteiger charge is 2.30. The van der Waals surface area contributed by atoms with E-state index in [1.165, 1.54) is 28.4 Å². The maximum absolute atomic E-state index is 13.1. The molecule has 1 aromatic carbocycles. The van der Waals surface area contributed by atoms with E-state index >= 15 is 0 Å². The van der Waals surface area contributed by atoms with Gasteiger partial charge in [0, 0.05) is 63.1 Å². The maximum atomic E-state index is 13.1. The topological polar surface area (TPSA) is 73.8 Å². The van der Waals surface area contributed by atoms with Crippen LogP contribution in [0.1, 0.15) is 23.3 Å². The van der Waals surface area contributed by atoms with Gasteiger partial charge in [-0.15, -0.1) is 11.3 Å². The molecule has 2 fully saturated rings. The van der Waals surface area contributed by atoms with Crippen LogP contribution >= 0.6 is 11.3 Å². The molecule has 2 aromatic rings. The van der Waals surface area contributed by atoms with Crippen LogP contribution < -0.4 is 0 Å². The summed E-state index contributed by atoms with van der Waals surface area (Å²) in [5.74, 6) is -0.606. The predicted octanol–water partition coefficient (Wildman–Crippen LogP) is 1.86. The van der Waals surface area contributed by atoms with E-state index < -0.39 is 0 Å². The quantitative estimate of drug-likeness (QED) is 0.696. The van der Waals surface area contributed by atoms with Gasteiger partial charge in [-0.05, 0) is 24.3 Å². The van der Waals surface area contributed by atoms with E-state index in [1.54, 1.807) is 22.4 Å². The number of benzene rings is 1. The number of imide groups is 1. The van der Waals surface area contributed by atoms with Crippen LogP contribution in [0.5, 0.6) is 0 Å². The monoisotopic (exact) mass is 416 g/mol. The lowest BCUT2D eigenvalue weighted by molar-refractivity contribution is -0.138. The van der Waals surface area contributed by atoms with Crippen LogP contribution in [0.15, 0.2) is 29.6 Å². The minimum Gasteiger partial charge on any atom is -0.335 e. The smallest absolute Gasteiger partial charge is 0.273 e. The molecule has 7 nitrogen and oxygen atoms in total. The van der Waals surface area contributed by atoms with Crippen molar-refractivity contribution in [1.29, 1.82) is 0 Å². The molecule has 1 aromatic heterocycles. The standard InChI is InChI=1S/C20H21FN4O3S/c21-15-3-1-14(2-4-15)19-22-16(13-29-19)20(28)24-10-7-23(8-11-24)9-12-25-17(26)5-6-18(25)27/h1-4,13H,5-12H2. The van der Waals surface area contributed by atoms with Crippen LogP contribution in [0, 0.1) is 5.82 Å². The third-order valence-corrected chi connectivity index (χ3v) is 6.16. The highest BCUT2D eigenvalue weighted by Crippen LogP contribution is 2.24. The molecule has 29 heavy (non-hydrogen) atoms. The fraction of sp³-hybridized carbons (Fsp3) is 0.400. The Morgan fingerprint density at radius 2 is 1.66 bits per heavy atom. The second-order valence-corrected chi connectivity index (χ2v) is 7.98. The van der Waals surface area contributed by atoms with Gasteiger partial charge in [-0.1, -0.05) is 0 Å². The Kier molecular flexibility index (Phi) is 5.68. The number of amides is 3. The summed E-state index contributed by atoms with van der Waals surface area (Å²) in [6.45, 7) is 3.58. The van der Waals surface area contributed by atoms with E-state index in [1.807, 2.05) is 0 Å². The Balaban J connectivity index is 1.29. The van der Waals surface area contributed by atoms with E-state index in [0.29, 0.717) is 62.8 Å². The van der Waals surface area contributed by atoms with Crippen molar-refractivity contribution in [2.45, 2.75) is 12.8 Å². The molecule has 0 radical (unpaired) electrons. The SMILES string of the molecule is O=C(c1csc(-c2ccc(F)cc2)n1)N1CCN(CCN2C(=O)CCC2=O)CC1. The van der Waals surface area contributed by atoms with Gasteiger partial charge in [-0.2, -0.15) is 0 Å². The summed E-state index contributed by atoms with van der Waals surface area (Å²) >= 11 is 1.36. The zero-order chi connectivity index (χ0) is 20.4. The molecule has 0 unspecified atom stereocenters. The summed E-state index contributed by atoms with van der Waals surface area (Å²) in [6.07, 6.45) is 0.628. The first-order valence-corrected chi connectivity index (χ1v) is 10.5. The van der Waals surface area contributed by atoms with E-state index in [2.05, 4.69) is 9.88 Å². The van der Waals surface area contributed by atoms with Gasteiger partial charge in [0.25, 0.3) is 5.91 Å². The van der Waals surface area contributed by atoms with Crippen LogP contribution in [0.2, 0.25) is 0 Å². The summed E-state index contributed by atoms with van der Waals surface area (Å²) < 4.78 is 13.1. The van der Waals surface area contributed by atoms with E-state index in [-0.39, 0.29) is 23.5 Å². The molecule has 0 spiro atoms. The van der Waals surface area contributed by atoms with Crippen molar-refractivity contribution < 1.29 is 18.8 Å². The van der Waals surface area contributed by atoms with Crippen molar-refractivity contribution in [1.82, 2.24) is 19.7 Å². The first kappa shape index (κ1) is 19.7. The molecule has 3 amide bonds. The van der Waals surface area contributed by atoms with Crippen molar-refractivity contribution in [3.05, 3.63) is 41.2 Å². The predicted molar refractivity (Wildman–Crippen MR) is 106 cm³/mol. The average molecular weight is 416 g/mol. The highest BCUT2D eigenvalue weighted by atomic mass is 32.1. The summed E-state index contributed by atoms with van der Waals surface area (Å²) in [5.41, 5.74) is 1.18. The summed E-state index contributed by atoms with van der Waals surface area (Å²) in [6, 6.07) is 6.05. The fourth-order valence-corrected chi connectivity index (χ4v) is 4.35. The number of nitrogens with zero attached hydrogens (tertiary/aromatic N) is 4. The molecule has 2 aliphatic rings. The first-order chi connectivity index (χ1) is 14.0. The number of carbonyl (C=O) groups excluding carboxylic acids is 3. The zero-order valence-electron chi connectivity index (χ0n) is 15.8. The van der Waals surface area contributed by atoms with Crippen molar-refractivity contribution >= 4 is 29.1 Å². The molecule has 4 rings (SSSR count). The summed E-state index contributed by atoms with van der Waals surface area (Å²) in [4.78, 5) is 45.8. The van der Waals surface area contributed by atoms with Crippen molar-refractivity contribution in [3.8, 4) is 10.6 Å². The minimum absolute atomic E-state index is 0.0932. The summed E-state index contributed by atoms with van der Waals surface area (Å²) in [7, 11) is 0. The normalized spacial score (nSPS) is 18.0. The molecule has 152 valence electrons. The van der Waals surface area contributed by atoms with Gasteiger partial charge >= 0.3 is 0 Å². The van der Waals surface area contributed by atoms with E-state index in [0.717, 1.165) is 5.56 Å². The number of halogens is 1. The van der Waals surface area contributed by atoms with E-state index in [4.69, 9.17) is 0 Å². The molecular weight excluding hydrogens is 395 g/mol. The largest absolute Gasteiger partial charge is 0.335 e. The Bertz CT molecular complexity index is 906. The van der Waals surface area contributed by atoms with Crippen LogP contribution in [-0.2, 0) is 9.59 Å². The Morgan fingerprint density at radius 1 is 1.00 bits per heavy atom. The molecule has 0 saturated carbocycles. The zero-order valence-corrected chi connectivity index (χ0v) is 16.7. The lowest BCUT2D eigenvalue weighted by Crippen LogP contribution is -2.50. The van der Waals surface area contributed by atoms with Crippen LogP contribution in [0.3, 0.4) is 0 Å². The average Bonchev–Trinajstić information content (AvgIpc) is 3.34. The maximum Gasteiger partial charge on any atom is 0.273 e. The lowest BCUT2D eigenvalue weighted by atomic mass is 10.2. The number of hydrogen-bond donors (Lipinski definition) is 0. The molecule has 3 heterocycles. The van der Waals surface area contributed by atoms with Crippen molar-refractivity contribution in [2.75, 3.05) is 39.3 Å². The van der Waals surface area contributed by atoms with Crippen LogP contribution in [-0.4, -0.2) is 76.7 Å². The fourth-order valence-electron chi connectivity index (χ4n) is 3.55. The third-order valence-electron chi connectivity index (χ3n) is 5.27. The number of hydrogen-bond acceptors (Lipinski definition) is 6. The number of piperazine rings is 1. The summed E-state index contributed by atoms with van der Waals surface area (Å²) in [5, 5.41) is 2.42. The van der Waals surface area contributed by atoms with Gasteiger partial charge in [-0.25, -0.2) is 9.37 Å². The molecular formula is C20H21FN4O3S. The first-order valence-electron chi connectivity index (χ1n) is 9.57. The van der Waals surface area contributed by atoms with Gasteiger partial charge in [-0.3, -0.25) is 24.2 Å². The molecule has 0 N–H and O–H groups in total. The second-order valence-electron chi connectivity index (χ2n) is 7.12. The van der Waals surface area contributed by atoms with Crippen LogP contribution in [0.4, 0.5) is 4.39 Å². The Labute approximate surface area is 171 Å². The molecule has 0 atom stereocenters. The van der Waals surface area contributed by atoms with Gasteiger partial charge in [0.2, 0.25) is 11.8 Å². The van der Waals surface area contributed by atoms with Gasteiger partial charge in [0.15, 0.2) is 0 Å². The molecule has 2 saturated heterocycles. The highest BCUT2D eigenvalue weighted by molar-refractivity contribution is 7.13. The third kappa shape index (κ3) is 4.35. The molecule has 0 bridgehead atoms.